The Labute approximate surface area is 110 Å². The normalized spacial score (nSPS) is 10.3. The Morgan fingerprint density at radius 3 is 2.53 bits per heavy atom. The molecule has 1 N–H and O–H groups in total. The third-order valence-corrected chi connectivity index (χ3v) is 3.21. The third-order valence-electron chi connectivity index (χ3n) is 2.60. The number of aryl methyl sites for hydroxylation is 2. The van der Waals surface area contributed by atoms with Crippen LogP contribution in [-0.4, -0.2) is 4.98 Å². The second kappa shape index (κ2) is 5.32. The van der Waals surface area contributed by atoms with Crippen LogP contribution in [0.4, 0.5) is 11.5 Å². The molecular formula is C14H15BrN2. The van der Waals surface area contributed by atoms with Gasteiger partial charge in [0, 0.05) is 11.9 Å². The van der Waals surface area contributed by atoms with E-state index in [2.05, 4.69) is 63.5 Å². The minimum atomic E-state index is 0.847. The van der Waals surface area contributed by atoms with Gasteiger partial charge < -0.3 is 5.32 Å². The van der Waals surface area contributed by atoms with E-state index in [1.54, 1.807) is 0 Å². The maximum Gasteiger partial charge on any atom is 0.144 e. The number of benzene rings is 1. The molecule has 0 bridgehead atoms. The van der Waals surface area contributed by atoms with Gasteiger partial charge in [-0.1, -0.05) is 19.1 Å². The topological polar surface area (TPSA) is 24.9 Å². The van der Waals surface area contributed by atoms with E-state index in [1.165, 1.54) is 5.56 Å². The Bertz CT molecular complexity index is 506. The first-order valence-corrected chi connectivity index (χ1v) is 6.46. The summed E-state index contributed by atoms with van der Waals surface area (Å²) in [4.78, 5) is 4.36. The maximum absolute atomic E-state index is 4.36. The van der Waals surface area contributed by atoms with Crippen molar-refractivity contribution in [3.8, 4) is 0 Å². The van der Waals surface area contributed by atoms with E-state index >= 15 is 0 Å². The summed E-state index contributed by atoms with van der Waals surface area (Å²) in [5.41, 5.74) is 3.54. The molecule has 1 aromatic heterocycles. The van der Waals surface area contributed by atoms with Crippen LogP contribution >= 0.6 is 15.9 Å². The van der Waals surface area contributed by atoms with Crippen LogP contribution in [0.5, 0.6) is 0 Å². The molecule has 0 saturated heterocycles. The average Bonchev–Trinajstić information content (AvgIpc) is 2.34. The summed E-state index contributed by atoms with van der Waals surface area (Å²) in [7, 11) is 0. The third kappa shape index (κ3) is 3.07. The van der Waals surface area contributed by atoms with Crippen LogP contribution in [0, 0.1) is 6.92 Å². The number of rotatable bonds is 3. The van der Waals surface area contributed by atoms with Crippen LogP contribution in [-0.2, 0) is 6.42 Å². The van der Waals surface area contributed by atoms with Gasteiger partial charge in [0.2, 0.25) is 0 Å². The molecule has 3 heteroatoms. The zero-order valence-corrected chi connectivity index (χ0v) is 11.6. The van der Waals surface area contributed by atoms with Crippen molar-refractivity contribution in [2.24, 2.45) is 0 Å². The molecule has 0 saturated carbocycles. The molecule has 0 spiro atoms. The molecule has 0 amide bonds. The number of nitrogens with zero attached hydrogens (tertiary/aromatic N) is 1. The molecular weight excluding hydrogens is 276 g/mol. The van der Waals surface area contributed by atoms with Crippen molar-refractivity contribution in [1.82, 2.24) is 4.98 Å². The second-order valence-corrected chi connectivity index (χ2v) is 4.87. The first-order chi connectivity index (χ1) is 8.19. The summed E-state index contributed by atoms with van der Waals surface area (Å²) < 4.78 is 0.983. The zero-order chi connectivity index (χ0) is 12.3. The fourth-order valence-corrected chi connectivity index (χ4v) is 2.15. The highest BCUT2D eigenvalue weighted by Gasteiger charge is 2.02. The van der Waals surface area contributed by atoms with Crippen molar-refractivity contribution >= 4 is 27.4 Å². The number of nitrogens with one attached hydrogen (secondary N) is 1. The van der Waals surface area contributed by atoms with E-state index in [1.807, 2.05) is 13.1 Å². The fourth-order valence-electron chi connectivity index (χ4n) is 1.59. The lowest BCUT2D eigenvalue weighted by Crippen LogP contribution is -1.95. The number of pyridine rings is 1. The summed E-state index contributed by atoms with van der Waals surface area (Å²) in [5.74, 6) is 0.847. The van der Waals surface area contributed by atoms with Crippen LogP contribution in [0.25, 0.3) is 0 Å². The molecule has 0 unspecified atom stereocenters. The summed E-state index contributed by atoms with van der Waals surface area (Å²) in [5, 5.41) is 3.29. The molecule has 88 valence electrons. The van der Waals surface area contributed by atoms with E-state index in [0.29, 0.717) is 0 Å². The number of hydrogen-bond donors (Lipinski definition) is 1. The first kappa shape index (κ1) is 12.1. The molecule has 1 aromatic carbocycles. The van der Waals surface area contributed by atoms with Crippen LogP contribution in [0.3, 0.4) is 0 Å². The first-order valence-electron chi connectivity index (χ1n) is 5.67. The van der Waals surface area contributed by atoms with Crippen molar-refractivity contribution < 1.29 is 0 Å². The number of anilines is 2. The lowest BCUT2D eigenvalue weighted by Gasteiger charge is -2.08. The largest absolute Gasteiger partial charge is 0.339 e. The van der Waals surface area contributed by atoms with E-state index in [9.17, 15) is 0 Å². The summed E-state index contributed by atoms with van der Waals surface area (Å²) >= 11 is 3.51. The van der Waals surface area contributed by atoms with Gasteiger partial charge in [0.05, 0.1) is 4.47 Å². The van der Waals surface area contributed by atoms with Crippen LogP contribution in [0.2, 0.25) is 0 Å². The summed E-state index contributed by atoms with van der Waals surface area (Å²) in [6.07, 6.45) is 2.92. The second-order valence-electron chi connectivity index (χ2n) is 4.02. The SMILES string of the molecule is CCc1ccc(Nc2ncc(C)cc2Br)cc1. The highest BCUT2D eigenvalue weighted by Crippen LogP contribution is 2.24. The molecule has 2 rings (SSSR count). The minimum Gasteiger partial charge on any atom is -0.339 e. The van der Waals surface area contributed by atoms with Crippen LogP contribution in [0.15, 0.2) is 41.0 Å². The van der Waals surface area contributed by atoms with Gasteiger partial charge in [0.1, 0.15) is 5.82 Å². The Morgan fingerprint density at radius 2 is 1.94 bits per heavy atom. The zero-order valence-electron chi connectivity index (χ0n) is 10.00. The molecule has 0 radical (unpaired) electrons. The van der Waals surface area contributed by atoms with Gasteiger partial charge in [-0.05, 0) is 58.6 Å². The minimum absolute atomic E-state index is 0.847. The van der Waals surface area contributed by atoms with Crippen molar-refractivity contribution in [2.45, 2.75) is 20.3 Å². The predicted molar refractivity (Wildman–Crippen MR) is 75.8 cm³/mol. The Kier molecular flexibility index (Phi) is 3.79. The van der Waals surface area contributed by atoms with Gasteiger partial charge in [-0.2, -0.15) is 0 Å². The van der Waals surface area contributed by atoms with E-state index in [-0.39, 0.29) is 0 Å². The lowest BCUT2D eigenvalue weighted by molar-refractivity contribution is 1.14. The Hall–Kier alpha value is -1.35. The molecule has 0 fully saturated rings. The average molecular weight is 291 g/mol. The molecule has 0 aliphatic heterocycles. The number of aromatic nitrogens is 1. The molecule has 2 nitrogen and oxygen atoms in total. The number of halogens is 1. The smallest absolute Gasteiger partial charge is 0.144 e. The quantitative estimate of drug-likeness (QED) is 0.903. The van der Waals surface area contributed by atoms with E-state index in [0.717, 1.165) is 28.0 Å². The summed E-state index contributed by atoms with van der Waals surface area (Å²) in [6.45, 7) is 4.18. The van der Waals surface area contributed by atoms with E-state index < -0.39 is 0 Å². The maximum atomic E-state index is 4.36. The van der Waals surface area contributed by atoms with Gasteiger partial charge in [-0.25, -0.2) is 4.98 Å². The van der Waals surface area contributed by atoms with E-state index in [4.69, 9.17) is 0 Å². The van der Waals surface area contributed by atoms with Crippen molar-refractivity contribution in [3.63, 3.8) is 0 Å². The summed E-state index contributed by atoms with van der Waals surface area (Å²) in [6, 6.07) is 10.5. The Morgan fingerprint density at radius 1 is 1.24 bits per heavy atom. The molecule has 0 aliphatic rings. The monoisotopic (exact) mass is 290 g/mol. The van der Waals surface area contributed by atoms with Gasteiger partial charge in [-0.3, -0.25) is 0 Å². The molecule has 0 atom stereocenters. The van der Waals surface area contributed by atoms with Crippen LogP contribution in [0.1, 0.15) is 18.1 Å². The molecule has 2 aromatic rings. The van der Waals surface area contributed by atoms with Crippen molar-refractivity contribution in [1.29, 1.82) is 0 Å². The standard InChI is InChI=1S/C14H15BrN2/c1-3-11-4-6-12(7-5-11)17-14-13(15)8-10(2)9-16-14/h4-9H,3H2,1-2H3,(H,16,17). The van der Waals surface area contributed by atoms with Gasteiger partial charge >= 0.3 is 0 Å². The predicted octanol–water partition coefficient (Wildman–Crippen LogP) is 4.46. The molecule has 1 heterocycles. The number of hydrogen-bond acceptors (Lipinski definition) is 2. The highest BCUT2D eigenvalue weighted by atomic mass is 79.9. The van der Waals surface area contributed by atoms with Gasteiger partial charge in [0.15, 0.2) is 0 Å². The highest BCUT2D eigenvalue weighted by molar-refractivity contribution is 9.10. The van der Waals surface area contributed by atoms with Crippen LogP contribution < -0.4 is 5.32 Å². The fraction of sp³-hybridized carbons (Fsp3) is 0.214. The lowest BCUT2D eigenvalue weighted by atomic mass is 10.1. The van der Waals surface area contributed by atoms with Gasteiger partial charge in [0.25, 0.3) is 0 Å². The Balaban J connectivity index is 2.19. The van der Waals surface area contributed by atoms with Crippen molar-refractivity contribution in [2.75, 3.05) is 5.32 Å². The van der Waals surface area contributed by atoms with Crippen molar-refractivity contribution in [3.05, 3.63) is 52.1 Å². The van der Waals surface area contributed by atoms with Gasteiger partial charge in [-0.15, -0.1) is 0 Å². The molecule has 0 aliphatic carbocycles. The molecule has 17 heavy (non-hydrogen) atoms.